The van der Waals surface area contributed by atoms with E-state index in [2.05, 4.69) is 5.32 Å². The molecule has 2 aromatic rings. The maximum Gasteiger partial charge on any atom is 0.238 e. The van der Waals surface area contributed by atoms with Gasteiger partial charge in [-0.2, -0.15) is 0 Å². The van der Waals surface area contributed by atoms with E-state index in [4.69, 9.17) is 0 Å². The van der Waals surface area contributed by atoms with E-state index < -0.39 is 0 Å². The van der Waals surface area contributed by atoms with Crippen molar-refractivity contribution >= 4 is 35.0 Å². The third-order valence-corrected chi connectivity index (χ3v) is 5.17. The fourth-order valence-electron chi connectivity index (χ4n) is 2.57. The highest BCUT2D eigenvalue weighted by molar-refractivity contribution is 8.00. The molecule has 0 unspecified atom stereocenters. The summed E-state index contributed by atoms with van der Waals surface area (Å²) >= 11 is 1.53. The SMILES string of the molecule is CC(C)C(=O)Nc1ccc([C@H]2SCC(=O)N2c2ccc(F)cc2)cc1. The fraction of sp³-hybridized carbons (Fsp3) is 0.263. The van der Waals surface area contributed by atoms with Gasteiger partial charge in [-0.25, -0.2) is 4.39 Å². The Balaban J connectivity index is 1.81. The largest absolute Gasteiger partial charge is 0.326 e. The van der Waals surface area contributed by atoms with Crippen LogP contribution in [0.15, 0.2) is 48.5 Å². The molecular weight excluding hydrogens is 339 g/mol. The summed E-state index contributed by atoms with van der Waals surface area (Å²) in [6.45, 7) is 3.68. The van der Waals surface area contributed by atoms with E-state index in [1.165, 1.54) is 23.9 Å². The molecule has 3 rings (SSSR count). The van der Waals surface area contributed by atoms with Crippen LogP contribution < -0.4 is 10.2 Å². The second-order valence-corrected chi connectivity index (χ2v) is 7.24. The Kier molecular flexibility index (Phi) is 5.08. The number of carbonyl (C=O) groups is 2. The molecule has 0 aliphatic carbocycles. The number of carbonyl (C=O) groups excluding carboxylic acids is 2. The normalized spacial score (nSPS) is 17.2. The number of hydrogen-bond donors (Lipinski definition) is 1. The predicted octanol–water partition coefficient (Wildman–Crippen LogP) is 4.20. The lowest BCUT2D eigenvalue weighted by Crippen LogP contribution is -2.27. The van der Waals surface area contributed by atoms with Gasteiger partial charge >= 0.3 is 0 Å². The fourth-order valence-corrected chi connectivity index (χ4v) is 3.75. The average Bonchev–Trinajstić information content (AvgIpc) is 2.98. The molecule has 4 nitrogen and oxygen atoms in total. The van der Waals surface area contributed by atoms with E-state index in [-0.39, 0.29) is 28.9 Å². The molecule has 1 N–H and O–H groups in total. The molecule has 2 aromatic carbocycles. The molecule has 6 heteroatoms. The van der Waals surface area contributed by atoms with Gasteiger partial charge in [-0.15, -0.1) is 11.8 Å². The number of nitrogens with one attached hydrogen (secondary N) is 1. The smallest absolute Gasteiger partial charge is 0.238 e. The highest BCUT2D eigenvalue weighted by Crippen LogP contribution is 2.41. The lowest BCUT2D eigenvalue weighted by Gasteiger charge is -2.24. The lowest BCUT2D eigenvalue weighted by atomic mass is 10.1. The van der Waals surface area contributed by atoms with Crippen LogP contribution in [0.3, 0.4) is 0 Å². The Morgan fingerprint density at radius 3 is 2.40 bits per heavy atom. The van der Waals surface area contributed by atoms with Crippen LogP contribution in [0.4, 0.5) is 15.8 Å². The number of hydrogen-bond acceptors (Lipinski definition) is 3. The number of rotatable bonds is 4. The molecule has 1 atom stereocenters. The van der Waals surface area contributed by atoms with Gasteiger partial charge < -0.3 is 5.32 Å². The third-order valence-electron chi connectivity index (χ3n) is 3.96. The molecule has 1 heterocycles. The molecule has 25 heavy (non-hydrogen) atoms. The monoisotopic (exact) mass is 358 g/mol. The second-order valence-electron chi connectivity index (χ2n) is 6.17. The highest BCUT2D eigenvalue weighted by Gasteiger charge is 2.34. The Morgan fingerprint density at radius 2 is 1.80 bits per heavy atom. The molecule has 1 aliphatic rings. The van der Waals surface area contributed by atoms with Crippen LogP contribution >= 0.6 is 11.8 Å². The zero-order chi connectivity index (χ0) is 18.0. The van der Waals surface area contributed by atoms with Crippen molar-refractivity contribution in [3.63, 3.8) is 0 Å². The topological polar surface area (TPSA) is 49.4 Å². The van der Waals surface area contributed by atoms with Crippen molar-refractivity contribution in [1.82, 2.24) is 0 Å². The Morgan fingerprint density at radius 1 is 1.16 bits per heavy atom. The van der Waals surface area contributed by atoms with Crippen molar-refractivity contribution in [2.24, 2.45) is 5.92 Å². The molecule has 1 fully saturated rings. The van der Waals surface area contributed by atoms with Crippen molar-refractivity contribution in [3.8, 4) is 0 Å². The third kappa shape index (κ3) is 3.85. The van der Waals surface area contributed by atoms with Crippen LogP contribution in [0.2, 0.25) is 0 Å². The van der Waals surface area contributed by atoms with Gasteiger partial charge in [0.25, 0.3) is 0 Å². The highest BCUT2D eigenvalue weighted by atomic mass is 32.2. The van der Waals surface area contributed by atoms with E-state index in [1.54, 1.807) is 17.0 Å². The minimum atomic E-state index is -0.329. The van der Waals surface area contributed by atoms with Gasteiger partial charge in [-0.1, -0.05) is 26.0 Å². The molecule has 1 saturated heterocycles. The number of halogens is 1. The summed E-state index contributed by atoms with van der Waals surface area (Å²) in [5, 5.41) is 2.69. The molecule has 0 spiro atoms. The van der Waals surface area contributed by atoms with Crippen LogP contribution in [-0.4, -0.2) is 17.6 Å². The zero-order valence-electron chi connectivity index (χ0n) is 14.0. The predicted molar refractivity (Wildman–Crippen MR) is 99.0 cm³/mol. The van der Waals surface area contributed by atoms with Gasteiger partial charge in [0.1, 0.15) is 11.2 Å². The first kappa shape index (κ1) is 17.5. The summed E-state index contributed by atoms with van der Waals surface area (Å²) in [7, 11) is 0. The molecule has 0 bridgehead atoms. The van der Waals surface area contributed by atoms with Crippen molar-refractivity contribution in [1.29, 1.82) is 0 Å². The van der Waals surface area contributed by atoms with Gasteiger partial charge in [0, 0.05) is 17.3 Å². The first-order chi connectivity index (χ1) is 12.0. The summed E-state index contributed by atoms with van der Waals surface area (Å²) in [5.74, 6) is -0.0696. The van der Waals surface area contributed by atoms with Crippen molar-refractivity contribution in [3.05, 3.63) is 59.9 Å². The van der Waals surface area contributed by atoms with Crippen LogP contribution in [0.1, 0.15) is 24.8 Å². The van der Waals surface area contributed by atoms with Crippen LogP contribution in [0.25, 0.3) is 0 Å². The first-order valence-corrected chi connectivity index (χ1v) is 9.10. The quantitative estimate of drug-likeness (QED) is 0.891. The number of benzene rings is 2. The van der Waals surface area contributed by atoms with Gasteiger partial charge in [-0.05, 0) is 42.0 Å². The average molecular weight is 358 g/mol. The first-order valence-electron chi connectivity index (χ1n) is 8.06. The second kappa shape index (κ2) is 7.27. The summed E-state index contributed by atoms with van der Waals surface area (Å²) in [5.41, 5.74) is 2.37. The summed E-state index contributed by atoms with van der Waals surface area (Å²) < 4.78 is 13.2. The lowest BCUT2D eigenvalue weighted by molar-refractivity contribution is -0.119. The maximum atomic E-state index is 13.2. The molecule has 1 aliphatic heterocycles. The van der Waals surface area contributed by atoms with Crippen LogP contribution in [-0.2, 0) is 9.59 Å². The summed E-state index contributed by atoms with van der Waals surface area (Å²) in [4.78, 5) is 25.7. The van der Waals surface area contributed by atoms with Crippen molar-refractivity contribution in [2.75, 3.05) is 16.0 Å². The van der Waals surface area contributed by atoms with Gasteiger partial charge in [0.05, 0.1) is 5.75 Å². The molecular formula is C19H19FN2O2S. The van der Waals surface area contributed by atoms with E-state index in [0.717, 1.165) is 11.3 Å². The zero-order valence-corrected chi connectivity index (χ0v) is 14.8. The minimum Gasteiger partial charge on any atom is -0.326 e. The van der Waals surface area contributed by atoms with E-state index in [9.17, 15) is 14.0 Å². The Hall–Kier alpha value is -2.34. The van der Waals surface area contributed by atoms with Gasteiger partial charge in [0.2, 0.25) is 11.8 Å². The molecule has 130 valence electrons. The molecule has 0 saturated carbocycles. The number of anilines is 2. The molecule has 0 radical (unpaired) electrons. The van der Waals surface area contributed by atoms with Crippen molar-refractivity contribution in [2.45, 2.75) is 19.2 Å². The van der Waals surface area contributed by atoms with Crippen molar-refractivity contribution < 1.29 is 14.0 Å². The van der Waals surface area contributed by atoms with Gasteiger partial charge in [-0.3, -0.25) is 14.5 Å². The number of thioether (sulfide) groups is 1. The Labute approximate surface area is 150 Å². The van der Waals surface area contributed by atoms with Crippen LogP contribution in [0, 0.1) is 11.7 Å². The standard InChI is InChI=1S/C19H19FN2O2S/c1-12(2)18(24)21-15-7-3-13(4-8-15)19-22(17(23)11-25-19)16-9-5-14(20)6-10-16/h3-10,12,19H,11H2,1-2H3,(H,21,24)/t19-/m1/s1. The molecule has 2 amide bonds. The maximum absolute atomic E-state index is 13.2. The molecule has 0 aromatic heterocycles. The number of nitrogens with zero attached hydrogens (tertiary/aromatic N) is 1. The van der Waals surface area contributed by atoms with E-state index in [0.29, 0.717) is 11.4 Å². The van der Waals surface area contributed by atoms with E-state index in [1.807, 2.05) is 38.1 Å². The summed E-state index contributed by atoms with van der Waals surface area (Å²) in [6.07, 6.45) is 0. The number of amides is 2. The Bertz CT molecular complexity index is 775. The van der Waals surface area contributed by atoms with E-state index >= 15 is 0 Å². The minimum absolute atomic E-state index is 0.00112. The van der Waals surface area contributed by atoms with Gasteiger partial charge in [0.15, 0.2) is 0 Å². The summed E-state index contributed by atoms with van der Waals surface area (Å²) in [6, 6.07) is 13.4. The van der Waals surface area contributed by atoms with Crippen LogP contribution in [0.5, 0.6) is 0 Å².